The average Bonchev–Trinajstić information content (AvgIpc) is 3.24. The smallest absolute Gasteiger partial charge is 0.222 e. The van der Waals surface area contributed by atoms with Crippen LogP contribution in [0, 0.1) is 5.92 Å². The number of likely N-dealkylation sites (tertiary alicyclic amines) is 1. The maximum Gasteiger partial charge on any atom is 0.222 e. The molecule has 2 unspecified atom stereocenters. The molecule has 2 aliphatic rings. The van der Waals surface area contributed by atoms with Gasteiger partial charge >= 0.3 is 0 Å². The molecule has 5 heteroatoms. The molecular weight excluding hydrogens is 432 g/mol. The summed E-state index contributed by atoms with van der Waals surface area (Å²) in [5.41, 5.74) is 3.50. The molecule has 0 spiro atoms. The number of carbonyl (C=O) groups excluding carboxylic acids is 1. The molecule has 1 saturated carbocycles. The third-order valence-corrected chi connectivity index (χ3v) is 7.43. The van der Waals surface area contributed by atoms with Crippen molar-refractivity contribution in [3.63, 3.8) is 0 Å². The quantitative estimate of drug-likeness (QED) is 0.419. The zero-order chi connectivity index (χ0) is 23.2. The fourth-order valence-electron chi connectivity index (χ4n) is 5.30. The van der Waals surface area contributed by atoms with E-state index in [2.05, 4.69) is 54.2 Å². The normalized spacial score (nSPS) is 21.1. The van der Waals surface area contributed by atoms with Gasteiger partial charge in [-0.2, -0.15) is 0 Å². The summed E-state index contributed by atoms with van der Waals surface area (Å²) in [6, 6.07) is 15.2. The van der Waals surface area contributed by atoms with Crippen molar-refractivity contribution in [1.29, 1.82) is 0 Å². The lowest BCUT2D eigenvalue weighted by Crippen LogP contribution is -2.39. The first-order valence-electron chi connectivity index (χ1n) is 12.5. The lowest BCUT2D eigenvalue weighted by Gasteiger charge is -2.35. The van der Waals surface area contributed by atoms with Gasteiger partial charge in [0, 0.05) is 30.6 Å². The van der Waals surface area contributed by atoms with Crippen LogP contribution in [0.4, 0.5) is 0 Å². The van der Waals surface area contributed by atoms with Gasteiger partial charge in [0.05, 0.1) is 6.61 Å². The molecule has 2 aromatic rings. The second kappa shape index (κ2) is 11.4. The van der Waals surface area contributed by atoms with Gasteiger partial charge in [0.15, 0.2) is 0 Å². The van der Waals surface area contributed by atoms with Crippen LogP contribution in [0.1, 0.15) is 50.5 Å². The summed E-state index contributed by atoms with van der Waals surface area (Å²) in [5, 5.41) is 0.843. The molecule has 1 saturated heterocycles. The summed E-state index contributed by atoms with van der Waals surface area (Å²) in [4.78, 5) is 16.5. The number of nitrogens with zero attached hydrogens (tertiary/aromatic N) is 2. The Morgan fingerprint density at radius 1 is 1.06 bits per heavy atom. The largest absolute Gasteiger partial charge is 0.494 e. The predicted molar refractivity (Wildman–Crippen MR) is 136 cm³/mol. The summed E-state index contributed by atoms with van der Waals surface area (Å²) in [6.45, 7) is 2.71. The number of ether oxygens (including phenoxy) is 1. The molecule has 2 fully saturated rings. The second-order valence-corrected chi connectivity index (χ2v) is 10.3. The second-order valence-electron chi connectivity index (χ2n) is 9.92. The molecular formula is C28H37ClN2O2. The van der Waals surface area contributed by atoms with Crippen molar-refractivity contribution >= 4 is 17.5 Å². The van der Waals surface area contributed by atoms with E-state index in [1.54, 1.807) is 0 Å². The van der Waals surface area contributed by atoms with Gasteiger partial charge in [-0.1, -0.05) is 42.3 Å². The molecule has 0 radical (unpaired) electrons. The Bertz CT molecular complexity index is 928. The Kier molecular flexibility index (Phi) is 8.32. The van der Waals surface area contributed by atoms with E-state index < -0.39 is 0 Å². The van der Waals surface area contributed by atoms with Gasteiger partial charge in [-0.15, -0.1) is 0 Å². The van der Waals surface area contributed by atoms with Crippen LogP contribution in [0.5, 0.6) is 5.75 Å². The Morgan fingerprint density at radius 2 is 1.85 bits per heavy atom. The molecule has 1 heterocycles. The van der Waals surface area contributed by atoms with Crippen molar-refractivity contribution in [3.8, 4) is 16.9 Å². The number of amides is 1. The van der Waals surface area contributed by atoms with E-state index >= 15 is 0 Å². The number of carbonyl (C=O) groups is 1. The first kappa shape index (κ1) is 24.1. The minimum absolute atomic E-state index is 0.355. The summed E-state index contributed by atoms with van der Waals surface area (Å²) >= 11 is 6.73. The number of hydrogen-bond acceptors (Lipinski definition) is 3. The van der Waals surface area contributed by atoms with Crippen LogP contribution < -0.4 is 4.74 Å². The third kappa shape index (κ3) is 6.51. The van der Waals surface area contributed by atoms with Crippen LogP contribution in [0.25, 0.3) is 11.1 Å². The van der Waals surface area contributed by atoms with Gasteiger partial charge in [0.1, 0.15) is 5.75 Å². The van der Waals surface area contributed by atoms with Gasteiger partial charge < -0.3 is 14.5 Å². The Hall–Kier alpha value is -2.04. The van der Waals surface area contributed by atoms with Crippen LogP contribution in [0.15, 0.2) is 42.5 Å². The molecule has 0 bridgehead atoms. The summed E-state index contributed by atoms with van der Waals surface area (Å²) in [6.07, 6.45) is 8.48. The van der Waals surface area contributed by atoms with Gasteiger partial charge in [0.25, 0.3) is 0 Å². The lowest BCUT2D eigenvalue weighted by atomic mass is 9.81. The molecule has 0 aromatic heterocycles. The number of hydrogen-bond donors (Lipinski definition) is 0. The van der Waals surface area contributed by atoms with Gasteiger partial charge in [-0.25, -0.2) is 0 Å². The maximum atomic E-state index is 12.2. The lowest BCUT2D eigenvalue weighted by molar-refractivity contribution is -0.130. The van der Waals surface area contributed by atoms with E-state index in [1.807, 2.05) is 12.1 Å². The summed E-state index contributed by atoms with van der Waals surface area (Å²) in [7, 11) is 4.15. The standard InChI is InChI=1S/C28H37ClN2O2/c1-30(2)15-5-17-33-26-13-11-22(12-14-26)23-9-10-24(27(29)20-23)18-21-6-3-7-25(19-21)31-16-4-8-28(31)32/h9-14,20-21,25H,3-8,15-19H2,1-2H3. The minimum Gasteiger partial charge on any atom is -0.494 e. The van der Waals surface area contributed by atoms with E-state index in [-0.39, 0.29) is 0 Å². The number of rotatable bonds is 9. The fraction of sp³-hybridized carbons (Fsp3) is 0.536. The molecule has 0 N–H and O–H groups in total. The molecule has 2 atom stereocenters. The Balaban J connectivity index is 1.33. The van der Waals surface area contributed by atoms with E-state index in [0.717, 1.165) is 80.1 Å². The zero-order valence-electron chi connectivity index (χ0n) is 20.1. The average molecular weight is 469 g/mol. The highest BCUT2D eigenvalue weighted by molar-refractivity contribution is 6.31. The van der Waals surface area contributed by atoms with Gasteiger partial charge in [-0.05, 0) is 93.4 Å². The SMILES string of the molecule is CN(C)CCCOc1ccc(-c2ccc(CC3CCCC(N4CCCC4=O)C3)c(Cl)c2)cc1. The van der Waals surface area contributed by atoms with E-state index in [1.165, 1.54) is 18.4 Å². The molecule has 4 nitrogen and oxygen atoms in total. The van der Waals surface area contributed by atoms with Gasteiger partial charge in [0.2, 0.25) is 5.91 Å². The van der Waals surface area contributed by atoms with Crippen LogP contribution in [0.2, 0.25) is 5.02 Å². The van der Waals surface area contributed by atoms with Crippen LogP contribution in [-0.4, -0.2) is 55.5 Å². The van der Waals surface area contributed by atoms with Crippen molar-refractivity contribution in [1.82, 2.24) is 9.80 Å². The van der Waals surface area contributed by atoms with Crippen LogP contribution in [-0.2, 0) is 11.2 Å². The zero-order valence-corrected chi connectivity index (χ0v) is 20.8. The first-order chi connectivity index (χ1) is 16.0. The van der Waals surface area contributed by atoms with Crippen molar-refractivity contribution in [2.24, 2.45) is 5.92 Å². The predicted octanol–water partition coefficient (Wildman–Crippen LogP) is 6.06. The maximum absolute atomic E-state index is 12.2. The van der Waals surface area contributed by atoms with E-state index in [9.17, 15) is 4.79 Å². The molecule has 1 amide bonds. The van der Waals surface area contributed by atoms with E-state index in [4.69, 9.17) is 16.3 Å². The number of benzene rings is 2. The molecule has 1 aliphatic carbocycles. The topological polar surface area (TPSA) is 32.8 Å². The highest BCUT2D eigenvalue weighted by Crippen LogP contribution is 2.35. The highest BCUT2D eigenvalue weighted by atomic mass is 35.5. The molecule has 1 aliphatic heterocycles. The molecule has 2 aromatic carbocycles. The first-order valence-corrected chi connectivity index (χ1v) is 12.8. The van der Waals surface area contributed by atoms with Crippen LogP contribution >= 0.6 is 11.6 Å². The van der Waals surface area contributed by atoms with Crippen LogP contribution in [0.3, 0.4) is 0 Å². The summed E-state index contributed by atoms with van der Waals surface area (Å²) < 4.78 is 5.85. The molecule has 33 heavy (non-hydrogen) atoms. The fourth-order valence-corrected chi connectivity index (χ4v) is 5.56. The van der Waals surface area contributed by atoms with E-state index in [0.29, 0.717) is 17.9 Å². The third-order valence-electron chi connectivity index (χ3n) is 7.07. The van der Waals surface area contributed by atoms with Crippen molar-refractivity contribution < 1.29 is 9.53 Å². The Morgan fingerprint density at radius 3 is 2.55 bits per heavy atom. The molecule has 4 rings (SSSR count). The Labute approximate surface area is 203 Å². The monoisotopic (exact) mass is 468 g/mol. The van der Waals surface area contributed by atoms with Crippen molar-refractivity contribution in [3.05, 3.63) is 53.1 Å². The number of halogens is 1. The van der Waals surface area contributed by atoms with Crippen molar-refractivity contribution in [2.45, 2.75) is 57.4 Å². The van der Waals surface area contributed by atoms with Crippen molar-refractivity contribution in [2.75, 3.05) is 33.8 Å². The summed E-state index contributed by atoms with van der Waals surface area (Å²) in [5.74, 6) is 1.86. The van der Waals surface area contributed by atoms with Gasteiger partial charge in [-0.3, -0.25) is 4.79 Å². The minimum atomic E-state index is 0.355. The molecule has 178 valence electrons. The highest BCUT2D eigenvalue weighted by Gasteiger charge is 2.32.